The molecule has 0 aromatic heterocycles. The maximum absolute atomic E-state index is 12.0. The summed E-state index contributed by atoms with van der Waals surface area (Å²) in [5, 5.41) is 5.76. The molecule has 0 saturated carbocycles. The van der Waals surface area contributed by atoms with Crippen molar-refractivity contribution in [1.29, 1.82) is 0 Å². The number of ether oxygens (including phenoxy) is 1. The zero-order chi connectivity index (χ0) is 13.4. The highest BCUT2D eigenvalue weighted by molar-refractivity contribution is 5.89. The van der Waals surface area contributed by atoms with Crippen molar-refractivity contribution in [3.63, 3.8) is 0 Å². The number of carbonyl (C=O) groups is 2. The first-order chi connectivity index (χ1) is 8.69. The van der Waals surface area contributed by atoms with Gasteiger partial charge in [0, 0.05) is 33.3 Å². The van der Waals surface area contributed by atoms with Gasteiger partial charge in [-0.25, -0.2) is 0 Å². The summed E-state index contributed by atoms with van der Waals surface area (Å²) in [6.45, 7) is 6.45. The normalized spacial score (nSPS) is 18.7. The Labute approximate surface area is 120 Å². The Balaban J connectivity index is 0.00000324. The summed E-state index contributed by atoms with van der Waals surface area (Å²) in [4.78, 5) is 25.3. The predicted octanol–water partition coefficient (Wildman–Crippen LogP) is -0.453. The fraction of sp³-hybridized carbons (Fsp3) is 0.667. The van der Waals surface area contributed by atoms with Crippen molar-refractivity contribution >= 4 is 24.2 Å². The second-order valence-electron chi connectivity index (χ2n) is 4.13. The number of piperazine rings is 1. The molecule has 2 N–H and O–H groups in total. The molecule has 0 spiro atoms. The Bertz CT molecular complexity index is 313. The van der Waals surface area contributed by atoms with Crippen molar-refractivity contribution in [1.82, 2.24) is 15.5 Å². The maximum atomic E-state index is 12.0. The van der Waals surface area contributed by atoms with E-state index in [1.165, 1.54) is 0 Å². The lowest BCUT2D eigenvalue weighted by atomic mass is 10.1. The highest BCUT2D eigenvalue weighted by Gasteiger charge is 2.29. The first-order valence-electron chi connectivity index (χ1n) is 6.07. The SMILES string of the molecule is C=CCN1CCNC(CC(=O)NCCOC)C1=O.Cl. The maximum Gasteiger partial charge on any atom is 0.240 e. The van der Waals surface area contributed by atoms with Crippen LogP contribution in [0.15, 0.2) is 12.7 Å². The van der Waals surface area contributed by atoms with Gasteiger partial charge < -0.3 is 20.3 Å². The second kappa shape index (κ2) is 9.77. The number of carbonyl (C=O) groups excluding carboxylic acids is 2. The summed E-state index contributed by atoms with van der Waals surface area (Å²) in [6.07, 6.45) is 1.86. The molecule has 0 aromatic carbocycles. The molecule has 2 amide bonds. The van der Waals surface area contributed by atoms with E-state index in [9.17, 15) is 9.59 Å². The topological polar surface area (TPSA) is 70.7 Å². The van der Waals surface area contributed by atoms with Gasteiger partial charge in [-0.2, -0.15) is 0 Å². The van der Waals surface area contributed by atoms with Gasteiger partial charge >= 0.3 is 0 Å². The first kappa shape index (κ1) is 17.9. The van der Waals surface area contributed by atoms with Gasteiger partial charge in [-0.05, 0) is 0 Å². The monoisotopic (exact) mass is 291 g/mol. The van der Waals surface area contributed by atoms with Gasteiger partial charge in [0.05, 0.1) is 19.1 Å². The molecule has 1 unspecified atom stereocenters. The molecule has 1 heterocycles. The minimum Gasteiger partial charge on any atom is -0.383 e. The number of hydrogen-bond acceptors (Lipinski definition) is 4. The van der Waals surface area contributed by atoms with E-state index in [1.54, 1.807) is 18.1 Å². The van der Waals surface area contributed by atoms with Crippen molar-refractivity contribution in [2.75, 3.05) is 39.9 Å². The lowest BCUT2D eigenvalue weighted by Gasteiger charge is -2.32. The van der Waals surface area contributed by atoms with Crippen LogP contribution in [0.2, 0.25) is 0 Å². The second-order valence-corrected chi connectivity index (χ2v) is 4.13. The van der Waals surface area contributed by atoms with Gasteiger partial charge in [0.25, 0.3) is 0 Å². The average Bonchev–Trinajstić information content (AvgIpc) is 2.35. The molecule has 0 radical (unpaired) electrons. The molecule has 6 nitrogen and oxygen atoms in total. The standard InChI is InChI=1S/C12H21N3O3.ClH/c1-3-6-15-7-4-13-10(12(15)17)9-11(16)14-5-8-18-2;/h3,10,13H,1,4-9H2,2H3,(H,14,16);1H. The van der Waals surface area contributed by atoms with Crippen LogP contribution in [-0.2, 0) is 14.3 Å². The van der Waals surface area contributed by atoms with Crippen LogP contribution in [0.5, 0.6) is 0 Å². The third-order valence-corrected chi connectivity index (χ3v) is 2.75. The molecular weight excluding hydrogens is 270 g/mol. The van der Waals surface area contributed by atoms with Crippen LogP contribution in [0.25, 0.3) is 0 Å². The third kappa shape index (κ3) is 6.04. The van der Waals surface area contributed by atoms with Crippen LogP contribution in [-0.4, -0.2) is 62.7 Å². The van der Waals surface area contributed by atoms with E-state index in [1.807, 2.05) is 0 Å². The Morgan fingerprint density at radius 3 is 3.05 bits per heavy atom. The van der Waals surface area contributed by atoms with E-state index in [4.69, 9.17) is 4.74 Å². The molecule has 1 saturated heterocycles. The number of rotatable bonds is 7. The Morgan fingerprint density at radius 1 is 1.68 bits per heavy atom. The van der Waals surface area contributed by atoms with Gasteiger partial charge in [-0.15, -0.1) is 19.0 Å². The highest BCUT2D eigenvalue weighted by Crippen LogP contribution is 2.05. The largest absolute Gasteiger partial charge is 0.383 e. The molecule has 1 atom stereocenters. The van der Waals surface area contributed by atoms with Crippen molar-refractivity contribution in [2.45, 2.75) is 12.5 Å². The van der Waals surface area contributed by atoms with Crippen LogP contribution >= 0.6 is 12.4 Å². The quantitative estimate of drug-likeness (QED) is 0.492. The van der Waals surface area contributed by atoms with Crippen LogP contribution in [0.3, 0.4) is 0 Å². The Morgan fingerprint density at radius 2 is 2.42 bits per heavy atom. The number of methoxy groups -OCH3 is 1. The van der Waals surface area contributed by atoms with Gasteiger partial charge in [0.2, 0.25) is 11.8 Å². The van der Waals surface area contributed by atoms with Crippen LogP contribution in [0.1, 0.15) is 6.42 Å². The molecular formula is C12H22ClN3O3. The van der Waals surface area contributed by atoms with Crippen LogP contribution in [0.4, 0.5) is 0 Å². The summed E-state index contributed by atoms with van der Waals surface area (Å²) in [6, 6.07) is -0.429. The number of amides is 2. The third-order valence-electron chi connectivity index (χ3n) is 2.75. The van der Waals surface area contributed by atoms with Crippen molar-refractivity contribution in [2.24, 2.45) is 0 Å². The fourth-order valence-corrected chi connectivity index (χ4v) is 1.84. The molecule has 1 aliphatic rings. The van der Waals surface area contributed by atoms with Crippen LogP contribution in [0, 0.1) is 0 Å². The average molecular weight is 292 g/mol. The summed E-state index contributed by atoms with van der Waals surface area (Å²) >= 11 is 0. The Kier molecular flexibility index (Phi) is 9.20. The molecule has 1 aliphatic heterocycles. The molecule has 7 heteroatoms. The predicted molar refractivity (Wildman–Crippen MR) is 75.3 cm³/mol. The smallest absolute Gasteiger partial charge is 0.240 e. The van der Waals surface area contributed by atoms with Crippen molar-refractivity contribution < 1.29 is 14.3 Å². The van der Waals surface area contributed by atoms with E-state index in [0.29, 0.717) is 32.8 Å². The van der Waals surface area contributed by atoms with Crippen LogP contribution < -0.4 is 10.6 Å². The summed E-state index contributed by atoms with van der Waals surface area (Å²) in [5.41, 5.74) is 0. The number of nitrogens with one attached hydrogen (secondary N) is 2. The molecule has 0 bridgehead atoms. The summed E-state index contributed by atoms with van der Waals surface area (Å²) in [7, 11) is 1.57. The van der Waals surface area contributed by atoms with E-state index in [2.05, 4.69) is 17.2 Å². The Hall–Kier alpha value is -1.11. The number of nitrogens with zero attached hydrogens (tertiary/aromatic N) is 1. The molecule has 19 heavy (non-hydrogen) atoms. The minimum atomic E-state index is -0.429. The molecule has 0 aliphatic carbocycles. The van der Waals surface area contributed by atoms with E-state index in [0.717, 1.165) is 0 Å². The van der Waals surface area contributed by atoms with Gasteiger partial charge in [-0.1, -0.05) is 6.08 Å². The fourth-order valence-electron chi connectivity index (χ4n) is 1.84. The molecule has 0 aromatic rings. The summed E-state index contributed by atoms with van der Waals surface area (Å²) < 4.78 is 4.84. The molecule has 1 fully saturated rings. The number of hydrogen-bond donors (Lipinski definition) is 2. The zero-order valence-electron chi connectivity index (χ0n) is 11.2. The van der Waals surface area contributed by atoms with Gasteiger partial charge in [0.15, 0.2) is 0 Å². The van der Waals surface area contributed by atoms with Gasteiger partial charge in [-0.3, -0.25) is 9.59 Å². The van der Waals surface area contributed by atoms with E-state index >= 15 is 0 Å². The lowest BCUT2D eigenvalue weighted by Crippen LogP contribution is -2.56. The van der Waals surface area contributed by atoms with E-state index < -0.39 is 6.04 Å². The minimum absolute atomic E-state index is 0. The zero-order valence-corrected chi connectivity index (χ0v) is 12.0. The highest BCUT2D eigenvalue weighted by atomic mass is 35.5. The van der Waals surface area contributed by atoms with Gasteiger partial charge in [0.1, 0.15) is 0 Å². The molecule has 1 rings (SSSR count). The lowest BCUT2D eigenvalue weighted by molar-refractivity contribution is -0.137. The first-order valence-corrected chi connectivity index (χ1v) is 6.07. The molecule has 110 valence electrons. The van der Waals surface area contributed by atoms with E-state index in [-0.39, 0.29) is 30.6 Å². The number of halogens is 1. The van der Waals surface area contributed by atoms with Crippen molar-refractivity contribution in [3.8, 4) is 0 Å². The summed E-state index contributed by atoms with van der Waals surface area (Å²) in [5.74, 6) is -0.179. The van der Waals surface area contributed by atoms with Crippen molar-refractivity contribution in [3.05, 3.63) is 12.7 Å².